The van der Waals surface area contributed by atoms with Gasteiger partial charge in [0.05, 0.1) is 18.8 Å². The fraction of sp³-hybridized carbons (Fsp3) is 0.300. The van der Waals surface area contributed by atoms with Gasteiger partial charge in [0.1, 0.15) is 5.00 Å². The molecule has 1 aliphatic heterocycles. The maximum Gasteiger partial charge on any atom is 0.415 e. The quantitative estimate of drug-likeness (QED) is 0.510. The first-order chi connectivity index (χ1) is 9.04. The fourth-order valence-electron chi connectivity index (χ4n) is 1.75. The average Bonchev–Trinajstić information content (AvgIpc) is 2.75. The van der Waals surface area contributed by atoms with E-state index < -0.39 is 17.8 Å². The van der Waals surface area contributed by atoms with Crippen molar-refractivity contribution in [2.75, 3.05) is 11.9 Å². The highest BCUT2D eigenvalue weighted by molar-refractivity contribution is 7.17. The maximum atomic E-state index is 11.3. The second-order valence-electron chi connectivity index (χ2n) is 3.68. The van der Waals surface area contributed by atoms with Crippen molar-refractivity contribution in [3.05, 3.63) is 16.0 Å². The monoisotopic (exact) mass is 286 g/mol. The first kappa shape index (κ1) is 13.5. The molecule has 0 saturated carbocycles. The summed E-state index contributed by atoms with van der Waals surface area (Å²) in [6.45, 7) is 0.708. The first-order valence-corrected chi connectivity index (χ1v) is 6.04. The Labute approximate surface area is 111 Å². The molecule has 0 saturated heterocycles. The van der Waals surface area contributed by atoms with E-state index in [-0.39, 0.29) is 17.2 Å². The number of carbonyl (C=O) groups excluding carboxylic acids is 2. The number of hydrogen-bond donors (Lipinski definition) is 3. The number of carbonyl (C=O) groups is 3. The van der Waals surface area contributed by atoms with E-state index in [0.29, 0.717) is 18.6 Å². The summed E-state index contributed by atoms with van der Waals surface area (Å²) >= 11 is 1.06. The van der Waals surface area contributed by atoms with E-state index in [2.05, 4.69) is 16.1 Å². The Morgan fingerprint density at radius 1 is 1.42 bits per heavy atom. The Balaban J connectivity index is 2.35. The number of nitrogens with two attached hydrogens (primary N) is 1. The summed E-state index contributed by atoms with van der Waals surface area (Å²) in [5.41, 5.74) is 0.613. The molecule has 1 aliphatic rings. The Hall–Kier alpha value is -1.97. The highest BCUT2D eigenvalue weighted by atomic mass is 32.1. The second kappa shape index (κ2) is 5.34. The molecule has 9 heteroatoms. The molecule has 1 aromatic rings. The number of amides is 1. The van der Waals surface area contributed by atoms with Crippen LogP contribution in [-0.2, 0) is 32.2 Å². The molecule has 0 aromatic carbocycles. The number of hydrogen-bond acceptors (Lipinski definition) is 7. The van der Waals surface area contributed by atoms with E-state index in [1.54, 1.807) is 0 Å². The van der Waals surface area contributed by atoms with Crippen LogP contribution in [0, 0.1) is 0 Å². The number of carboxylic acids is 1. The van der Waals surface area contributed by atoms with Crippen LogP contribution in [0.5, 0.6) is 0 Å². The molecule has 1 aromatic heterocycles. The van der Waals surface area contributed by atoms with Gasteiger partial charge in [-0.05, 0) is 12.0 Å². The zero-order chi connectivity index (χ0) is 14.0. The fourth-order valence-corrected chi connectivity index (χ4v) is 2.93. The molecule has 2 heterocycles. The van der Waals surface area contributed by atoms with Crippen molar-refractivity contribution in [3.8, 4) is 0 Å². The van der Waals surface area contributed by atoms with E-state index in [1.807, 2.05) is 0 Å². The number of fused-ring (bicyclic) bond motifs is 1. The molecule has 0 fully saturated rings. The van der Waals surface area contributed by atoms with Gasteiger partial charge in [-0.15, -0.1) is 11.3 Å². The van der Waals surface area contributed by atoms with Crippen LogP contribution in [0.3, 0.4) is 0 Å². The minimum absolute atomic E-state index is 0.0125. The van der Waals surface area contributed by atoms with E-state index in [9.17, 15) is 19.5 Å². The van der Waals surface area contributed by atoms with Crippen molar-refractivity contribution in [3.63, 3.8) is 0 Å². The molecular weight excluding hydrogens is 276 g/mol. The van der Waals surface area contributed by atoms with Crippen LogP contribution in [0.1, 0.15) is 20.8 Å². The van der Waals surface area contributed by atoms with Crippen LogP contribution in [0.25, 0.3) is 0 Å². The SMILES string of the molecule is NOC(=O)C(=O)Nc1sc2c(c1C(=O)O)CCOC2. The topological polar surface area (TPSA) is 128 Å². The number of nitrogens with one attached hydrogen (secondary N) is 1. The number of anilines is 1. The lowest BCUT2D eigenvalue weighted by Crippen LogP contribution is -2.27. The summed E-state index contributed by atoms with van der Waals surface area (Å²) in [6.07, 6.45) is 0.449. The van der Waals surface area contributed by atoms with Gasteiger partial charge in [0, 0.05) is 4.88 Å². The van der Waals surface area contributed by atoms with E-state index >= 15 is 0 Å². The molecule has 4 N–H and O–H groups in total. The van der Waals surface area contributed by atoms with Crippen molar-refractivity contribution in [2.24, 2.45) is 5.90 Å². The molecule has 0 bridgehead atoms. The molecule has 0 unspecified atom stereocenters. The summed E-state index contributed by atoms with van der Waals surface area (Å²) < 4.78 is 5.21. The molecule has 0 atom stereocenters. The van der Waals surface area contributed by atoms with Crippen molar-refractivity contribution >= 4 is 34.2 Å². The van der Waals surface area contributed by atoms with Crippen molar-refractivity contribution < 1.29 is 29.1 Å². The molecule has 19 heavy (non-hydrogen) atoms. The molecule has 0 radical (unpaired) electrons. The highest BCUT2D eigenvalue weighted by Crippen LogP contribution is 2.36. The molecule has 2 rings (SSSR count). The average molecular weight is 286 g/mol. The normalized spacial score (nSPS) is 13.5. The molecule has 1 amide bonds. The molecule has 8 nitrogen and oxygen atoms in total. The lowest BCUT2D eigenvalue weighted by atomic mass is 10.1. The van der Waals surface area contributed by atoms with E-state index in [1.165, 1.54) is 0 Å². The second-order valence-corrected chi connectivity index (χ2v) is 4.78. The molecule has 102 valence electrons. The minimum Gasteiger partial charge on any atom is -0.478 e. The third-order valence-corrected chi connectivity index (χ3v) is 3.67. The zero-order valence-electron chi connectivity index (χ0n) is 9.60. The van der Waals surface area contributed by atoms with Crippen molar-refractivity contribution in [1.82, 2.24) is 0 Å². The number of thiophene rings is 1. The summed E-state index contributed by atoms with van der Waals surface area (Å²) in [4.78, 5) is 38.0. The Bertz CT molecular complexity index is 552. The summed E-state index contributed by atoms with van der Waals surface area (Å²) in [6, 6.07) is 0. The number of aromatic carboxylic acids is 1. The van der Waals surface area contributed by atoms with Crippen LogP contribution < -0.4 is 11.2 Å². The Kier molecular flexibility index (Phi) is 3.79. The van der Waals surface area contributed by atoms with Gasteiger partial charge in [0.25, 0.3) is 0 Å². The smallest absolute Gasteiger partial charge is 0.415 e. The predicted octanol–water partition coefficient (Wildman–Crippen LogP) is -0.126. The van der Waals surface area contributed by atoms with Gasteiger partial charge in [-0.2, -0.15) is 5.90 Å². The van der Waals surface area contributed by atoms with Crippen LogP contribution in [0.15, 0.2) is 0 Å². The standard InChI is InChI=1S/C10H10N2O6S/c11-18-10(16)7(13)12-8-6(9(14)15)4-1-2-17-3-5(4)19-8/h1-3,11H2,(H,12,13)(H,14,15). The number of rotatable bonds is 2. The molecule has 0 aliphatic carbocycles. The van der Waals surface area contributed by atoms with E-state index in [4.69, 9.17) is 4.74 Å². The Morgan fingerprint density at radius 2 is 2.16 bits per heavy atom. The minimum atomic E-state index is -1.29. The van der Waals surface area contributed by atoms with Gasteiger partial charge in [0.15, 0.2) is 0 Å². The first-order valence-electron chi connectivity index (χ1n) is 5.22. The Morgan fingerprint density at radius 3 is 2.79 bits per heavy atom. The highest BCUT2D eigenvalue weighted by Gasteiger charge is 2.27. The largest absolute Gasteiger partial charge is 0.478 e. The van der Waals surface area contributed by atoms with Crippen LogP contribution in [0.2, 0.25) is 0 Å². The lowest BCUT2D eigenvalue weighted by Gasteiger charge is -2.11. The van der Waals surface area contributed by atoms with Crippen molar-refractivity contribution in [2.45, 2.75) is 13.0 Å². The van der Waals surface area contributed by atoms with Gasteiger partial charge in [-0.25, -0.2) is 9.59 Å². The predicted molar refractivity (Wildman–Crippen MR) is 63.5 cm³/mol. The third kappa shape index (κ3) is 2.57. The van der Waals surface area contributed by atoms with Gasteiger partial charge < -0.3 is 20.0 Å². The van der Waals surface area contributed by atoms with Crippen LogP contribution in [-0.4, -0.2) is 29.6 Å². The van der Waals surface area contributed by atoms with Crippen molar-refractivity contribution in [1.29, 1.82) is 0 Å². The zero-order valence-corrected chi connectivity index (χ0v) is 10.4. The molecule has 0 spiro atoms. The van der Waals surface area contributed by atoms with E-state index in [0.717, 1.165) is 16.2 Å². The number of carboxylic acid groups (broad SMARTS) is 1. The lowest BCUT2D eigenvalue weighted by molar-refractivity contribution is -0.152. The van der Waals surface area contributed by atoms with Crippen LogP contribution in [0.4, 0.5) is 5.00 Å². The van der Waals surface area contributed by atoms with Crippen LogP contribution >= 0.6 is 11.3 Å². The summed E-state index contributed by atoms with van der Waals surface area (Å²) in [7, 11) is 0. The van der Waals surface area contributed by atoms with Gasteiger partial charge in [-0.1, -0.05) is 0 Å². The maximum absolute atomic E-state index is 11.3. The van der Waals surface area contributed by atoms with Gasteiger partial charge in [-0.3, -0.25) is 4.79 Å². The third-order valence-electron chi connectivity index (χ3n) is 2.55. The summed E-state index contributed by atoms with van der Waals surface area (Å²) in [5.74, 6) is 0.995. The van der Waals surface area contributed by atoms with Gasteiger partial charge >= 0.3 is 17.8 Å². The van der Waals surface area contributed by atoms with Gasteiger partial charge in [0.2, 0.25) is 0 Å². The molecular formula is C10H10N2O6S. The number of ether oxygens (including phenoxy) is 1. The summed E-state index contributed by atoms with van der Waals surface area (Å²) in [5, 5.41) is 11.5.